The Labute approximate surface area is 89.9 Å². The van der Waals surface area contributed by atoms with Gasteiger partial charge in [0, 0.05) is 12.1 Å². The van der Waals surface area contributed by atoms with E-state index in [0.29, 0.717) is 12.4 Å². The Morgan fingerprint density at radius 2 is 2.40 bits per heavy atom. The molecule has 1 amide bonds. The molecule has 0 spiro atoms. The highest BCUT2D eigenvalue weighted by molar-refractivity contribution is 5.91. The maximum absolute atomic E-state index is 11.6. The molecule has 15 heavy (non-hydrogen) atoms. The van der Waals surface area contributed by atoms with Crippen molar-refractivity contribution in [3.8, 4) is 0 Å². The van der Waals surface area contributed by atoms with Gasteiger partial charge in [-0.05, 0) is 31.5 Å². The van der Waals surface area contributed by atoms with Crippen molar-refractivity contribution in [1.82, 2.24) is 4.98 Å². The monoisotopic (exact) mass is 207 g/mol. The number of aromatic nitrogens is 1. The van der Waals surface area contributed by atoms with Crippen LogP contribution in [0.15, 0.2) is 24.4 Å². The van der Waals surface area contributed by atoms with Gasteiger partial charge in [-0.1, -0.05) is 13.0 Å². The Balaban J connectivity index is 2.42. The zero-order valence-corrected chi connectivity index (χ0v) is 8.94. The highest BCUT2D eigenvalue weighted by Gasteiger charge is 2.12. The summed E-state index contributed by atoms with van der Waals surface area (Å²) in [5, 5.41) is 2.76. The number of pyridine rings is 1. The number of carbonyl (C=O) groups is 1. The molecule has 1 aromatic heterocycles. The van der Waals surface area contributed by atoms with Crippen LogP contribution in [0.25, 0.3) is 0 Å². The fourth-order valence-electron chi connectivity index (χ4n) is 1.24. The molecule has 0 bridgehead atoms. The van der Waals surface area contributed by atoms with E-state index in [1.807, 2.05) is 19.1 Å². The van der Waals surface area contributed by atoms with Crippen LogP contribution in [0.2, 0.25) is 0 Å². The number of nitrogens with one attached hydrogen (secondary N) is 1. The predicted molar refractivity (Wildman–Crippen MR) is 60.3 cm³/mol. The van der Waals surface area contributed by atoms with E-state index in [0.717, 1.165) is 12.8 Å². The van der Waals surface area contributed by atoms with Gasteiger partial charge >= 0.3 is 0 Å². The summed E-state index contributed by atoms with van der Waals surface area (Å²) >= 11 is 0. The van der Waals surface area contributed by atoms with Gasteiger partial charge in [0.15, 0.2) is 0 Å². The van der Waals surface area contributed by atoms with Gasteiger partial charge in [0.05, 0.1) is 0 Å². The predicted octanol–water partition coefficient (Wildman–Crippen LogP) is 1.40. The molecule has 0 aliphatic carbocycles. The first-order valence-corrected chi connectivity index (χ1v) is 5.16. The Hall–Kier alpha value is -1.42. The average Bonchev–Trinajstić information content (AvgIpc) is 2.27. The first-order valence-electron chi connectivity index (χ1n) is 5.16. The molecule has 0 aliphatic heterocycles. The Morgan fingerprint density at radius 1 is 1.60 bits per heavy atom. The maximum atomic E-state index is 11.6. The van der Waals surface area contributed by atoms with E-state index in [9.17, 15) is 4.79 Å². The summed E-state index contributed by atoms with van der Waals surface area (Å²) in [6.07, 6.45) is 3.34. The summed E-state index contributed by atoms with van der Waals surface area (Å²) < 4.78 is 0. The lowest BCUT2D eigenvalue weighted by Gasteiger charge is -2.10. The van der Waals surface area contributed by atoms with Crippen LogP contribution in [0.5, 0.6) is 0 Å². The molecule has 4 nitrogen and oxygen atoms in total. The zero-order chi connectivity index (χ0) is 11.1. The van der Waals surface area contributed by atoms with E-state index in [1.54, 1.807) is 12.3 Å². The van der Waals surface area contributed by atoms with Gasteiger partial charge in [-0.15, -0.1) is 0 Å². The Morgan fingerprint density at radius 3 is 3.00 bits per heavy atom. The summed E-state index contributed by atoms with van der Waals surface area (Å²) in [5.74, 6) is 0.583. The summed E-state index contributed by atoms with van der Waals surface area (Å²) in [6, 6.07) is 5.42. The topological polar surface area (TPSA) is 68.0 Å². The molecule has 0 saturated carbocycles. The third kappa shape index (κ3) is 4.08. The first kappa shape index (κ1) is 11.7. The van der Waals surface area contributed by atoms with Crippen molar-refractivity contribution in [2.75, 3.05) is 11.9 Å². The molecule has 1 atom stereocenters. The molecule has 4 heteroatoms. The highest BCUT2D eigenvalue weighted by atomic mass is 16.1. The average molecular weight is 207 g/mol. The van der Waals surface area contributed by atoms with Gasteiger partial charge in [-0.25, -0.2) is 4.98 Å². The van der Waals surface area contributed by atoms with Crippen LogP contribution >= 0.6 is 0 Å². The molecule has 0 radical (unpaired) electrons. The second kappa shape index (κ2) is 6.14. The number of hydrogen-bond donors (Lipinski definition) is 2. The molecular weight excluding hydrogens is 190 g/mol. The summed E-state index contributed by atoms with van der Waals surface area (Å²) in [5.41, 5.74) is 5.39. The van der Waals surface area contributed by atoms with Gasteiger partial charge in [-0.2, -0.15) is 0 Å². The molecule has 3 N–H and O–H groups in total. The number of rotatable bonds is 5. The Bertz CT molecular complexity index is 300. The normalized spacial score (nSPS) is 12.1. The minimum Gasteiger partial charge on any atom is -0.330 e. The lowest BCUT2D eigenvalue weighted by atomic mass is 10.1. The van der Waals surface area contributed by atoms with Crippen molar-refractivity contribution in [3.05, 3.63) is 24.4 Å². The van der Waals surface area contributed by atoms with Crippen molar-refractivity contribution in [1.29, 1.82) is 0 Å². The van der Waals surface area contributed by atoms with E-state index in [1.165, 1.54) is 0 Å². The largest absolute Gasteiger partial charge is 0.330 e. The maximum Gasteiger partial charge on any atom is 0.228 e. The minimum atomic E-state index is -0.0180. The number of hydrogen-bond acceptors (Lipinski definition) is 3. The first-order chi connectivity index (χ1) is 7.24. The molecule has 1 heterocycles. The lowest BCUT2D eigenvalue weighted by molar-refractivity contribution is -0.119. The lowest BCUT2D eigenvalue weighted by Crippen LogP contribution is -2.21. The Kier molecular flexibility index (Phi) is 4.77. The molecule has 1 unspecified atom stereocenters. The van der Waals surface area contributed by atoms with E-state index in [2.05, 4.69) is 10.3 Å². The van der Waals surface area contributed by atoms with Gasteiger partial charge < -0.3 is 11.1 Å². The zero-order valence-electron chi connectivity index (χ0n) is 8.94. The molecular formula is C11H17N3O. The van der Waals surface area contributed by atoms with Crippen LogP contribution in [0.4, 0.5) is 5.82 Å². The van der Waals surface area contributed by atoms with Crippen molar-refractivity contribution in [2.45, 2.75) is 19.8 Å². The second-order valence-corrected chi connectivity index (χ2v) is 3.54. The molecule has 82 valence electrons. The number of anilines is 1. The van der Waals surface area contributed by atoms with Crippen LogP contribution in [0, 0.1) is 5.92 Å². The molecule has 0 saturated heterocycles. The minimum absolute atomic E-state index is 0.00199. The van der Waals surface area contributed by atoms with Crippen LogP contribution in [-0.4, -0.2) is 17.4 Å². The smallest absolute Gasteiger partial charge is 0.228 e. The second-order valence-electron chi connectivity index (χ2n) is 3.54. The van der Waals surface area contributed by atoms with Gasteiger partial charge in [0.25, 0.3) is 0 Å². The fourth-order valence-corrected chi connectivity index (χ4v) is 1.24. The standard InChI is InChI=1S/C11H17N3O/c1-9(5-4-7-12)11(15)14-10-6-2-3-8-13-10/h2-3,6,8-9H,4-5,7,12H2,1H3,(H,13,14,15). The molecule has 0 fully saturated rings. The van der Waals surface area contributed by atoms with Gasteiger partial charge in [-0.3, -0.25) is 4.79 Å². The number of nitrogens with zero attached hydrogens (tertiary/aromatic N) is 1. The van der Waals surface area contributed by atoms with Crippen molar-refractivity contribution >= 4 is 11.7 Å². The SMILES string of the molecule is CC(CCCN)C(=O)Nc1ccccn1. The summed E-state index contributed by atoms with van der Waals surface area (Å²) in [6.45, 7) is 2.52. The van der Waals surface area contributed by atoms with E-state index in [4.69, 9.17) is 5.73 Å². The van der Waals surface area contributed by atoms with Gasteiger partial charge in [0.1, 0.15) is 5.82 Å². The van der Waals surface area contributed by atoms with Crippen molar-refractivity contribution < 1.29 is 4.79 Å². The molecule has 1 rings (SSSR count). The third-order valence-corrected chi connectivity index (χ3v) is 2.21. The van der Waals surface area contributed by atoms with Crippen LogP contribution in [0.3, 0.4) is 0 Å². The van der Waals surface area contributed by atoms with E-state index >= 15 is 0 Å². The quantitative estimate of drug-likeness (QED) is 0.766. The van der Waals surface area contributed by atoms with Crippen LogP contribution in [0.1, 0.15) is 19.8 Å². The summed E-state index contributed by atoms with van der Waals surface area (Å²) in [7, 11) is 0. The van der Waals surface area contributed by atoms with Crippen molar-refractivity contribution in [2.24, 2.45) is 11.7 Å². The van der Waals surface area contributed by atoms with Crippen molar-refractivity contribution in [3.63, 3.8) is 0 Å². The van der Waals surface area contributed by atoms with Crippen LogP contribution < -0.4 is 11.1 Å². The number of nitrogens with two attached hydrogens (primary N) is 1. The highest BCUT2D eigenvalue weighted by Crippen LogP contribution is 2.08. The number of carbonyl (C=O) groups excluding carboxylic acids is 1. The van der Waals surface area contributed by atoms with Gasteiger partial charge in [0.2, 0.25) is 5.91 Å². The molecule has 1 aromatic rings. The van der Waals surface area contributed by atoms with E-state index < -0.39 is 0 Å². The van der Waals surface area contributed by atoms with Crippen LogP contribution in [-0.2, 0) is 4.79 Å². The molecule has 0 aliphatic rings. The third-order valence-electron chi connectivity index (χ3n) is 2.21. The fraction of sp³-hybridized carbons (Fsp3) is 0.455. The molecule has 0 aromatic carbocycles. The number of amides is 1. The summed E-state index contributed by atoms with van der Waals surface area (Å²) in [4.78, 5) is 15.7. The van der Waals surface area contributed by atoms with E-state index in [-0.39, 0.29) is 11.8 Å².